The molecule has 0 spiro atoms. The smallest absolute Gasteiger partial charge is 0.0531 e. The Labute approximate surface area is 66.2 Å². The van der Waals surface area contributed by atoms with Crippen molar-refractivity contribution in [3.8, 4) is 0 Å². The highest BCUT2D eigenvalue weighted by Crippen LogP contribution is 2.04. The average molecular weight is 150 g/mol. The van der Waals surface area contributed by atoms with Gasteiger partial charge in [-0.15, -0.1) is 19.2 Å². The second kappa shape index (κ2) is 3.42. The summed E-state index contributed by atoms with van der Waals surface area (Å²) in [5.41, 5.74) is 0.891. The van der Waals surface area contributed by atoms with Crippen molar-refractivity contribution in [2.45, 2.75) is 11.3 Å². The Kier molecular flexibility index (Phi) is 2.51. The van der Waals surface area contributed by atoms with Gasteiger partial charge in [-0.05, 0) is 6.07 Å². The molecule has 2 heteroatoms. The lowest BCUT2D eigenvalue weighted by molar-refractivity contribution is 1.08. The van der Waals surface area contributed by atoms with Crippen LogP contribution in [0.15, 0.2) is 29.8 Å². The number of hydrogen-bond acceptors (Lipinski definition) is 2. The minimum atomic E-state index is 0.758. The number of hydrogen-bond donors (Lipinski definition) is 1. The van der Waals surface area contributed by atoms with E-state index in [0.29, 0.717) is 0 Å². The first-order chi connectivity index (χ1) is 4.83. The molecule has 0 saturated heterocycles. The molecule has 0 saturated carbocycles. The first-order valence-corrected chi connectivity index (χ1v) is 3.44. The van der Waals surface area contributed by atoms with Crippen LogP contribution in [-0.4, -0.2) is 4.98 Å². The summed E-state index contributed by atoms with van der Waals surface area (Å²) in [6, 6.07) is 4.79. The van der Waals surface area contributed by atoms with Crippen molar-refractivity contribution in [1.29, 1.82) is 0 Å². The van der Waals surface area contributed by atoms with E-state index in [2.05, 4.69) is 30.3 Å². The molecule has 10 heavy (non-hydrogen) atoms. The maximum atomic E-state index is 4.12. The summed E-state index contributed by atoms with van der Waals surface area (Å²) in [5.74, 6) is 0. The summed E-state index contributed by atoms with van der Waals surface area (Å²) in [4.78, 5) is 4.88. The fourth-order valence-electron chi connectivity index (χ4n) is 0.660. The van der Waals surface area contributed by atoms with E-state index >= 15 is 0 Å². The molecule has 0 bridgehead atoms. The third-order valence-electron chi connectivity index (χ3n) is 1.07. The highest BCUT2D eigenvalue weighted by Gasteiger charge is 1.90. The van der Waals surface area contributed by atoms with Crippen molar-refractivity contribution < 1.29 is 0 Å². The summed E-state index contributed by atoms with van der Waals surface area (Å²) < 4.78 is 0. The number of allylic oxidation sites excluding steroid dienone is 1. The van der Waals surface area contributed by atoms with Crippen molar-refractivity contribution in [1.82, 2.24) is 4.98 Å². The second-order valence-electron chi connectivity index (χ2n) is 1.89. The Hall–Kier alpha value is -0.760. The summed E-state index contributed by atoms with van der Waals surface area (Å²) in [6.07, 6.45) is 4.28. The monoisotopic (exact) mass is 150 g/mol. The van der Waals surface area contributed by atoms with Gasteiger partial charge in [0.15, 0.2) is 0 Å². The van der Waals surface area contributed by atoms with Gasteiger partial charge in [0.1, 0.15) is 0 Å². The predicted octanol–water partition coefficient (Wildman–Crippen LogP) is 1.90. The van der Waals surface area contributed by atoms with Crippen LogP contribution in [0.25, 0.3) is 0 Å². The van der Waals surface area contributed by atoms with Crippen LogP contribution in [0, 0.1) is 6.07 Å². The molecule has 0 atom stereocenters. The van der Waals surface area contributed by atoms with Crippen LogP contribution in [0.3, 0.4) is 0 Å². The maximum absolute atomic E-state index is 4.12. The maximum Gasteiger partial charge on any atom is 0.0531 e. The van der Waals surface area contributed by atoms with E-state index in [1.54, 1.807) is 18.3 Å². The molecule has 0 aliphatic heterocycles. The fourth-order valence-corrected chi connectivity index (χ4v) is 0.856. The Bertz CT molecular complexity index is 232. The van der Waals surface area contributed by atoms with Gasteiger partial charge in [-0.25, -0.2) is 0 Å². The minimum Gasteiger partial charge on any atom is -0.260 e. The van der Waals surface area contributed by atoms with Crippen LogP contribution in [0.2, 0.25) is 0 Å². The Morgan fingerprint density at radius 3 is 3.20 bits per heavy atom. The number of pyridine rings is 1. The van der Waals surface area contributed by atoms with Gasteiger partial charge in [-0.3, -0.25) is 4.98 Å². The minimum absolute atomic E-state index is 0.758. The lowest BCUT2D eigenvalue weighted by atomic mass is 10.3. The number of nitrogens with zero attached hydrogens (tertiary/aromatic N) is 1. The summed E-state index contributed by atoms with van der Waals surface area (Å²) in [5, 5.41) is 0. The van der Waals surface area contributed by atoms with E-state index in [0.717, 1.165) is 17.0 Å². The van der Waals surface area contributed by atoms with Crippen molar-refractivity contribution >= 4 is 12.6 Å². The Morgan fingerprint density at radius 2 is 2.60 bits per heavy atom. The zero-order valence-electron chi connectivity index (χ0n) is 5.54. The van der Waals surface area contributed by atoms with E-state index in [1.165, 1.54) is 0 Å². The molecule has 0 unspecified atom stereocenters. The third kappa shape index (κ3) is 1.88. The van der Waals surface area contributed by atoms with Gasteiger partial charge in [0, 0.05) is 23.6 Å². The van der Waals surface area contributed by atoms with Crippen molar-refractivity contribution in [3.05, 3.63) is 36.7 Å². The summed E-state index contributed by atoms with van der Waals surface area (Å²) >= 11 is 4.12. The standard InChI is InChI=1S/C8H8NS/c1-2-3-7-6-8(10)4-5-9-7/h2,4-5H,1,3H2,(H,9,10). The molecule has 0 aliphatic rings. The molecule has 0 aromatic carbocycles. The Balaban J connectivity index is 2.84. The number of rotatable bonds is 2. The normalized spacial score (nSPS) is 9.30. The average Bonchev–Trinajstić information content (AvgIpc) is 1.88. The molecule has 0 fully saturated rings. The highest BCUT2D eigenvalue weighted by atomic mass is 32.1. The molecule has 1 nitrogen and oxygen atoms in total. The van der Waals surface area contributed by atoms with E-state index in [4.69, 9.17) is 0 Å². The SMILES string of the molecule is C=CCc1[c]c(S)ccn1. The Morgan fingerprint density at radius 1 is 1.80 bits per heavy atom. The fraction of sp³-hybridized carbons (Fsp3) is 0.125. The molecule has 1 heterocycles. The van der Waals surface area contributed by atoms with Crippen LogP contribution in [0.1, 0.15) is 5.69 Å². The van der Waals surface area contributed by atoms with Gasteiger partial charge >= 0.3 is 0 Å². The first-order valence-electron chi connectivity index (χ1n) is 3.00. The number of thiol groups is 1. The molecule has 1 aromatic heterocycles. The molecule has 51 valence electrons. The molecule has 0 amide bonds. The van der Waals surface area contributed by atoms with Crippen LogP contribution >= 0.6 is 12.6 Å². The van der Waals surface area contributed by atoms with Crippen molar-refractivity contribution in [2.75, 3.05) is 0 Å². The van der Waals surface area contributed by atoms with E-state index in [1.807, 2.05) is 0 Å². The van der Waals surface area contributed by atoms with Gasteiger partial charge in [0.2, 0.25) is 0 Å². The van der Waals surface area contributed by atoms with E-state index in [-0.39, 0.29) is 0 Å². The van der Waals surface area contributed by atoms with Gasteiger partial charge in [0.25, 0.3) is 0 Å². The lowest BCUT2D eigenvalue weighted by Gasteiger charge is -1.93. The predicted molar refractivity (Wildman–Crippen MR) is 44.2 cm³/mol. The zero-order chi connectivity index (χ0) is 7.40. The van der Waals surface area contributed by atoms with Gasteiger partial charge in [-0.2, -0.15) is 0 Å². The quantitative estimate of drug-likeness (QED) is 0.502. The van der Waals surface area contributed by atoms with Crippen molar-refractivity contribution in [2.24, 2.45) is 0 Å². The third-order valence-corrected chi connectivity index (χ3v) is 1.33. The van der Waals surface area contributed by atoms with Crippen LogP contribution in [0.4, 0.5) is 0 Å². The van der Waals surface area contributed by atoms with Crippen LogP contribution < -0.4 is 0 Å². The summed E-state index contributed by atoms with van der Waals surface area (Å²) in [7, 11) is 0. The molecular formula is C8H8NS. The van der Waals surface area contributed by atoms with Crippen LogP contribution in [0.5, 0.6) is 0 Å². The number of aromatic nitrogens is 1. The zero-order valence-corrected chi connectivity index (χ0v) is 6.44. The molecule has 1 radical (unpaired) electrons. The molecule has 1 aromatic rings. The van der Waals surface area contributed by atoms with Crippen molar-refractivity contribution in [3.63, 3.8) is 0 Å². The molecule has 0 aliphatic carbocycles. The largest absolute Gasteiger partial charge is 0.260 e. The van der Waals surface area contributed by atoms with E-state index in [9.17, 15) is 0 Å². The van der Waals surface area contributed by atoms with Crippen LogP contribution in [-0.2, 0) is 6.42 Å². The highest BCUT2D eigenvalue weighted by molar-refractivity contribution is 7.80. The molecule has 0 N–H and O–H groups in total. The lowest BCUT2D eigenvalue weighted by Crippen LogP contribution is -1.85. The first kappa shape index (κ1) is 7.35. The molecular weight excluding hydrogens is 142 g/mol. The summed E-state index contributed by atoms with van der Waals surface area (Å²) in [6.45, 7) is 3.60. The second-order valence-corrected chi connectivity index (χ2v) is 2.38. The topological polar surface area (TPSA) is 12.9 Å². The van der Waals surface area contributed by atoms with E-state index < -0.39 is 0 Å². The molecule has 1 rings (SSSR count). The van der Waals surface area contributed by atoms with Gasteiger partial charge < -0.3 is 0 Å². The van der Waals surface area contributed by atoms with Gasteiger partial charge in [-0.1, -0.05) is 6.08 Å². The van der Waals surface area contributed by atoms with Gasteiger partial charge in [0.05, 0.1) is 5.69 Å².